The van der Waals surface area contributed by atoms with Crippen molar-refractivity contribution in [2.24, 2.45) is 0 Å². The third-order valence-electron chi connectivity index (χ3n) is 2.42. The third-order valence-corrected chi connectivity index (χ3v) is 5.21. The summed E-state index contributed by atoms with van der Waals surface area (Å²) in [4.78, 5) is 4.04. The van der Waals surface area contributed by atoms with Gasteiger partial charge in [-0.15, -0.1) is 11.3 Å². The van der Waals surface area contributed by atoms with Crippen molar-refractivity contribution in [3.63, 3.8) is 0 Å². The van der Waals surface area contributed by atoms with Crippen molar-refractivity contribution in [1.29, 1.82) is 0 Å². The van der Waals surface area contributed by atoms with Crippen LogP contribution in [0.5, 0.6) is 0 Å². The molecule has 19 heavy (non-hydrogen) atoms. The summed E-state index contributed by atoms with van der Waals surface area (Å²) in [5, 5.41) is 2.79. The first-order valence-electron chi connectivity index (χ1n) is 5.37. The molecule has 1 unspecified atom stereocenters. The first kappa shape index (κ1) is 14.3. The molecule has 0 aliphatic carbocycles. The predicted octanol–water partition coefficient (Wildman–Crippen LogP) is 2.42. The quantitative estimate of drug-likeness (QED) is 0.848. The Labute approximate surface area is 120 Å². The molecule has 0 amide bonds. The van der Waals surface area contributed by atoms with Gasteiger partial charge in [0.25, 0.3) is 0 Å². The topological polar surface area (TPSA) is 85.1 Å². The molecule has 0 radical (unpaired) electrons. The minimum Gasteiger partial charge on any atom is -0.398 e. The Morgan fingerprint density at radius 3 is 2.84 bits per heavy atom. The number of halogens is 1. The van der Waals surface area contributed by atoms with E-state index in [4.69, 9.17) is 17.3 Å². The van der Waals surface area contributed by atoms with Gasteiger partial charge in [0.15, 0.2) is 0 Å². The molecule has 0 saturated carbocycles. The van der Waals surface area contributed by atoms with Crippen LogP contribution in [0.3, 0.4) is 0 Å². The number of anilines is 1. The molecule has 1 heterocycles. The smallest absolute Gasteiger partial charge is 0.243 e. The van der Waals surface area contributed by atoms with Gasteiger partial charge in [0.1, 0.15) is 9.90 Å². The number of nitrogens with one attached hydrogen (secondary N) is 1. The summed E-state index contributed by atoms with van der Waals surface area (Å²) < 4.78 is 27.0. The Kier molecular flexibility index (Phi) is 4.10. The number of nitrogens with two attached hydrogens (primary N) is 1. The van der Waals surface area contributed by atoms with Crippen molar-refractivity contribution < 1.29 is 8.42 Å². The van der Waals surface area contributed by atoms with Gasteiger partial charge in [-0.25, -0.2) is 18.1 Å². The van der Waals surface area contributed by atoms with E-state index >= 15 is 0 Å². The molecule has 0 bridgehead atoms. The number of sulfonamides is 1. The number of aromatic nitrogens is 1. The van der Waals surface area contributed by atoms with Crippen molar-refractivity contribution >= 4 is 38.6 Å². The molecule has 1 aromatic heterocycles. The summed E-state index contributed by atoms with van der Waals surface area (Å²) in [5.74, 6) is 0. The second-order valence-electron chi connectivity index (χ2n) is 3.90. The summed E-state index contributed by atoms with van der Waals surface area (Å²) in [7, 11) is -3.73. The minimum absolute atomic E-state index is 0.0246. The number of hydrogen-bond donors (Lipinski definition) is 2. The van der Waals surface area contributed by atoms with Crippen LogP contribution < -0.4 is 10.5 Å². The second-order valence-corrected chi connectivity index (χ2v) is 6.94. The maximum atomic E-state index is 12.2. The normalized spacial score (nSPS) is 13.4. The summed E-state index contributed by atoms with van der Waals surface area (Å²) >= 11 is 7.18. The van der Waals surface area contributed by atoms with Crippen LogP contribution in [0, 0.1) is 0 Å². The molecule has 0 saturated heterocycles. The van der Waals surface area contributed by atoms with Gasteiger partial charge in [-0.3, -0.25) is 0 Å². The highest BCUT2D eigenvalue weighted by atomic mass is 35.5. The van der Waals surface area contributed by atoms with Crippen LogP contribution in [0.4, 0.5) is 5.69 Å². The molecule has 0 aliphatic rings. The Hall–Kier alpha value is -1.15. The van der Waals surface area contributed by atoms with Crippen molar-refractivity contribution in [2.45, 2.75) is 17.9 Å². The summed E-state index contributed by atoms with van der Waals surface area (Å²) in [6.45, 7) is 1.72. The average Bonchev–Trinajstić information content (AvgIpc) is 2.85. The van der Waals surface area contributed by atoms with Gasteiger partial charge < -0.3 is 5.73 Å². The van der Waals surface area contributed by atoms with Gasteiger partial charge in [0, 0.05) is 16.6 Å². The lowest BCUT2D eigenvalue weighted by atomic mass is 10.3. The van der Waals surface area contributed by atoms with Gasteiger partial charge in [-0.05, 0) is 25.1 Å². The fraction of sp³-hybridized carbons (Fsp3) is 0.182. The van der Waals surface area contributed by atoms with E-state index in [2.05, 4.69) is 9.71 Å². The van der Waals surface area contributed by atoms with E-state index in [1.54, 1.807) is 24.6 Å². The lowest BCUT2D eigenvalue weighted by Gasteiger charge is -2.13. The van der Waals surface area contributed by atoms with Crippen LogP contribution in [0.25, 0.3) is 0 Å². The molecule has 8 heteroatoms. The zero-order chi connectivity index (χ0) is 14.0. The van der Waals surface area contributed by atoms with E-state index in [1.807, 2.05) is 0 Å². The number of nitrogens with zero attached hydrogens (tertiary/aromatic N) is 1. The molecule has 2 aromatic rings. The average molecular weight is 318 g/mol. The SMILES string of the molecule is CC(NS(=O)(=O)c1cc(Cl)ccc1N)c1nccs1. The molecule has 102 valence electrons. The molecule has 5 nitrogen and oxygen atoms in total. The van der Waals surface area contributed by atoms with Gasteiger partial charge >= 0.3 is 0 Å². The molecule has 1 aromatic carbocycles. The number of benzene rings is 1. The highest BCUT2D eigenvalue weighted by Gasteiger charge is 2.22. The van der Waals surface area contributed by atoms with E-state index < -0.39 is 16.1 Å². The second kappa shape index (κ2) is 5.46. The largest absolute Gasteiger partial charge is 0.398 e. The first-order chi connectivity index (χ1) is 8.90. The lowest BCUT2D eigenvalue weighted by molar-refractivity contribution is 0.567. The van der Waals surface area contributed by atoms with Crippen molar-refractivity contribution in [1.82, 2.24) is 9.71 Å². The number of thiazole rings is 1. The molecule has 0 aliphatic heterocycles. The van der Waals surface area contributed by atoms with Crippen molar-refractivity contribution in [3.05, 3.63) is 39.8 Å². The molecule has 2 rings (SSSR count). The van der Waals surface area contributed by atoms with Crippen LogP contribution in [0.15, 0.2) is 34.7 Å². The van der Waals surface area contributed by atoms with Crippen LogP contribution >= 0.6 is 22.9 Å². The van der Waals surface area contributed by atoms with E-state index in [9.17, 15) is 8.42 Å². The number of hydrogen-bond acceptors (Lipinski definition) is 5. The monoisotopic (exact) mass is 317 g/mol. The molecule has 1 atom stereocenters. The van der Waals surface area contributed by atoms with Crippen LogP contribution in [0.1, 0.15) is 18.0 Å². The van der Waals surface area contributed by atoms with E-state index in [-0.39, 0.29) is 10.6 Å². The Balaban J connectivity index is 2.30. The Morgan fingerprint density at radius 2 is 2.21 bits per heavy atom. The molecule has 0 fully saturated rings. The fourth-order valence-electron chi connectivity index (χ4n) is 1.54. The first-order valence-corrected chi connectivity index (χ1v) is 8.11. The van der Waals surface area contributed by atoms with Crippen molar-refractivity contribution in [3.8, 4) is 0 Å². The fourth-order valence-corrected chi connectivity index (χ4v) is 3.86. The summed E-state index contributed by atoms with van der Waals surface area (Å²) in [6, 6.07) is 3.90. The van der Waals surface area contributed by atoms with Crippen LogP contribution in [0.2, 0.25) is 5.02 Å². The lowest BCUT2D eigenvalue weighted by Crippen LogP contribution is -2.27. The van der Waals surface area contributed by atoms with Crippen LogP contribution in [-0.2, 0) is 10.0 Å². The van der Waals surface area contributed by atoms with E-state index in [0.717, 1.165) is 0 Å². The standard InChI is InChI=1S/C11H12ClN3O2S2/c1-7(11-14-4-5-18-11)15-19(16,17)10-6-8(12)2-3-9(10)13/h2-7,15H,13H2,1H3. The maximum Gasteiger partial charge on any atom is 0.243 e. The van der Waals surface area contributed by atoms with Gasteiger partial charge in [-0.1, -0.05) is 11.6 Å². The van der Waals surface area contributed by atoms with E-state index in [0.29, 0.717) is 10.0 Å². The Morgan fingerprint density at radius 1 is 1.47 bits per heavy atom. The Bertz CT molecular complexity index is 671. The number of nitrogen functional groups attached to an aromatic ring is 1. The molecular weight excluding hydrogens is 306 g/mol. The zero-order valence-corrected chi connectivity index (χ0v) is 12.4. The molecule has 3 N–H and O–H groups in total. The van der Waals surface area contributed by atoms with E-state index in [1.165, 1.54) is 23.5 Å². The zero-order valence-electron chi connectivity index (χ0n) is 10.00. The van der Waals surface area contributed by atoms with Gasteiger partial charge in [0.2, 0.25) is 10.0 Å². The highest BCUT2D eigenvalue weighted by Crippen LogP contribution is 2.25. The highest BCUT2D eigenvalue weighted by molar-refractivity contribution is 7.89. The van der Waals surface area contributed by atoms with Crippen LogP contribution in [-0.4, -0.2) is 13.4 Å². The molecule has 0 spiro atoms. The molecular formula is C11H12ClN3O2S2. The van der Waals surface area contributed by atoms with Gasteiger partial charge in [-0.2, -0.15) is 0 Å². The predicted molar refractivity (Wildman–Crippen MR) is 76.7 cm³/mol. The maximum absolute atomic E-state index is 12.2. The van der Waals surface area contributed by atoms with Gasteiger partial charge in [0.05, 0.1) is 11.7 Å². The van der Waals surface area contributed by atoms with Crippen molar-refractivity contribution in [2.75, 3.05) is 5.73 Å². The summed E-state index contributed by atoms with van der Waals surface area (Å²) in [5.41, 5.74) is 5.83. The third kappa shape index (κ3) is 3.24. The number of rotatable bonds is 4. The minimum atomic E-state index is -3.73. The summed E-state index contributed by atoms with van der Waals surface area (Å²) in [6.07, 6.45) is 1.62.